The van der Waals surface area contributed by atoms with E-state index < -0.39 is 5.91 Å². The molecule has 0 aliphatic heterocycles. The monoisotopic (exact) mass is 309 g/mol. The van der Waals surface area contributed by atoms with Crippen LogP contribution in [0, 0.1) is 0 Å². The Labute approximate surface area is 132 Å². The van der Waals surface area contributed by atoms with Gasteiger partial charge in [0.2, 0.25) is 11.7 Å². The third-order valence-electron chi connectivity index (χ3n) is 3.34. The lowest BCUT2D eigenvalue weighted by atomic mass is 10.1. The summed E-state index contributed by atoms with van der Waals surface area (Å²) in [5.74, 6) is 0.814. The Bertz CT molecular complexity index is 826. The zero-order valence-corrected chi connectivity index (χ0v) is 12.5. The fourth-order valence-corrected chi connectivity index (χ4v) is 2.13. The highest BCUT2D eigenvalue weighted by Gasteiger charge is 2.08. The number of nitrogens with two attached hydrogens (primary N) is 1. The van der Waals surface area contributed by atoms with Crippen molar-refractivity contribution in [3.63, 3.8) is 0 Å². The number of tetrazole rings is 1. The second kappa shape index (κ2) is 6.27. The minimum Gasteiger partial charge on any atom is -0.497 e. The van der Waals surface area contributed by atoms with Crippen LogP contribution >= 0.6 is 0 Å². The Balaban J connectivity index is 1.77. The Hall–Kier alpha value is -3.22. The molecule has 0 atom stereocenters. The molecule has 3 rings (SSSR count). The summed E-state index contributed by atoms with van der Waals surface area (Å²) >= 11 is 0. The van der Waals surface area contributed by atoms with Gasteiger partial charge in [-0.2, -0.15) is 4.80 Å². The maximum atomic E-state index is 11.1. The second-order valence-corrected chi connectivity index (χ2v) is 4.94. The van der Waals surface area contributed by atoms with E-state index in [1.54, 1.807) is 19.2 Å². The van der Waals surface area contributed by atoms with Crippen LogP contribution in [0.1, 0.15) is 15.9 Å². The minimum atomic E-state index is -0.448. The first kappa shape index (κ1) is 14.7. The zero-order valence-electron chi connectivity index (χ0n) is 12.5. The molecular formula is C16H15N5O2. The highest BCUT2D eigenvalue weighted by Crippen LogP contribution is 2.19. The Morgan fingerprint density at radius 1 is 1.22 bits per heavy atom. The number of nitrogens with zero attached hydrogens (tertiary/aromatic N) is 4. The van der Waals surface area contributed by atoms with Crippen LogP contribution in [0.15, 0.2) is 48.5 Å². The molecule has 1 aromatic heterocycles. The van der Waals surface area contributed by atoms with Crippen molar-refractivity contribution in [1.29, 1.82) is 0 Å². The number of benzene rings is 2. The van der Waals surface area contributed by atoms with Crippen molar-refractivity contribution in [2.24, 2.45) is 5.73 Å². The lowest BCUT2D eigenvalue weighted by Gasteiger charge is -2.01. The molecule has 0 aliphatic carbocycles. The highest BCUT2D eigenvalue weighted by molar-refractivity contribution is 5.92. The topological polar surface area (TPSA) is 95.9 Å². The molecule has 7 nitrogen and oxygen atoms in total. The number of ether oxygens (including phenoxy) is 1. The summed E-state index contributed by atoms with van der Waals surface area (Å²) < 4.78 is 5.19. The summed E-state index contributed by atoms with van der Waals surface area (Å²) in [4.78, 5) is 12.5. The lowest BCUT2D eigenvalue weighted by molar-refractivity contribution is 0.100. The van der Waals surface area contributed by atoms with Crippen LogP contribution < -0.4 is 10.5 Å². The summed E-state index contributed by atoms with van der Waals surface area (Å²) in [5.41, 5.74) is 7.47. The van der Waals surface area contributed by atoms with E-state index in [0.717, 1.165) is 16.9 Å². The van der Waals surface area contributed by atoms with Crippen LogP contribution in [-0.4, -0.2) is 33.2 Å². The summed E-state index contributed by atoms with van der Waals surface area (Å²) in [6, 6.07) is 14.5. The molecule has 116 valence electrons. The smallest absolute Gasteiger partial charge is 0.248 e. The van der Waals surface area contributed by atoms with Crippen LogP contribution in [0.2, 0.25) is 0 Å². The number of primary amides is 1. The predicted molar refractivity (Wildman–Crippen MR) is 83.9 cm³/mol. The third-order valence-corrected chi connectivity index (χ3v) is 3.34. The second-order valence-electron chi connectivity index (χ2n) is 4.94. The van der Waals surface area contributed by atoms with E-state index in [-0.39, 0.29) is 0 Å². The van der Waals surface area contributed by atoms with Gasteiger partial charge in [0, 0.05) is 11.1 Å². The molecule has 2 N–H and O–H groups in total. The van der Waals surface area contributed by atoms with Crippen molar-refractivity contribution in [1.82, 2.24) is 20.2 Å². The van der Waals surface area contributed by atoms with Crippen LogP contribution in [0.3, 0.4) is 0 Å². The van der Waals surface area contributed by atoms with Gasteiger partial charge in [-0.25, -0.2) is 0 Å². The van der Waals surface area contributed by atoms with E-state index in [4.69, 9.17) is 10.5 Å². The molecule has 7 heteroatoms. The molecule has 0 aliphatic rings. The van der Waals surface area contributed by atoms with E-state index in [0.29, 0.717) is 17.9 Å². The largest absolute Gasteiger partial charge is 0.497 e. The molecule has 0 bridgehead atoms. The van der Waals surface area contributed by atoms with E-state index in [1.807, 2.05) is 36.4 Å². The van der Waals surface area contributed by atoms with Gasteiger partial charge in [-0.1, -0.05) is 24.3 Å². The van der Waals surface area contributed by atoms with E-state index >= 15 is 0 Å². The third kappa shape index (κ3) is 3.34. The predicted octanol–water partition coefficient (Wildman–Crippen LogP) is 1.50. The molecule has 0 saturated heterocycles. The van der Waals surface area contributed by atoms with Gasteiger partial charge in [-0.15, -0.1) is 10.2 Å². The van der Waals surface area contributed by atoms with Gasteiger partial charge in [0.25, 0.3) is 0 Å². The maximum Gasteiger partial charge on any atom is 0.248 e. The van der Waals surface area contributed by atoms with Crippen molar-refractivity contribution < 1.29 is 9.53 Å². The Morgan fingerprint density at radius 2 is 2.00 bits per heavy atom. The van der Waals surface area contributed by atoms with Gasteiger partial charge in [-0.3, -0.25) is 4.79 Å². The first-order chi connectivity index (χ1) is 11.2. The Kier molecular flexibility index (Phi) is 4.01. The van der Waals surface area contributed by atoms with Gasteiger partial charge >= 0.3 is 0 Å². The SMILES string of the molecule is COc1cccc(-c2nnn(Cc3ccc(C(N)=O)cc3)n2)c1. The van der Waals surface area contributed by atoms with Crippen LogP contribution in [-0.2, 0) is 6.54 Å². The average molecular weight is 309 g/mol. The maximum absolute atomic E-state index is 11.1. The average Bonchev–Trinajstić information content (AvgIpc) is 3.04. The van der Waals surface area contributed by atoms with Crippen molar-refractivity contribution in [2.45, 2.75) is 6.54 Å². The van der Waals surface area contributed by atoms with Crippen molar-refractivity contribution in [3.8, 4) is 17.1 Å². The molecule has 0 spiro atoms. The Morgan fingerprint density at radius 3 is 2.70 bits per heavy atom. The summed E-state index contributed by atoms with van der Waals surface area (Å²) in [5, 5.41) is 12.5. The first-order valence-electron chi connectivity index (χ1n) is 6.96. The number of carbonyl (C=O) groups excluding carboxylic acids is 1. The number of methoxy groups -OCH3 is 1. The van der Waals surface area contributed by atoms with Crippen molar-refractivity contribution >= 4 is 5.91 Å². The van der Waals surface area contributed by atoms with Gasteiger partial charge in [0.15, 0.2) is 0 Å². The van der Waals surface area contributed by atoms with E-state index in [1.165, 1.54) is 4.80 Å². The molecule has 3 aromatic rings. The quantitative estimate of drug-likeness (QED) is 0.770. The lowest BCUT2D eigenvalue weighted by Crippen LogP contribution is -2.11. The number of amides is 1. The van der Waals surface area contributed by atoms with Crippen LogP contribution in [0.5, 0.6) is 5.75 Å². The molecule has 2 aromatic carbocycles. The zero-order chi connectivity index (χ0) is 16.2. The molecule has 0 fully saturated rings. The number of hydrogen-bond acceptors (Lipinski definition) is 5. The molecule has 1 amide bonds. The number of rotatable bonds is 5. The highest BCUT2D eigenvalue weighted by atomic mass is 16.5. The van der Waals surface area contributed by atoms with E-state index in [2.05, 4.69) is 15.4 Å². The minimum absolute atomic E-state index is 0.448. The van der Waals surface area contributed by atoms with Gasteiger partial charge in [0.05, 0.1) is 13.7 Å². The summed E-state index contributed by atoms with van der Waals surface area (Å²) in [6.45, 7) is 0.454. The fraction of sp³-hybridized carbons (Fsp3) is 0.125. The van der Waals surface area contributed by atoms with Crippen LogP contribution in [0.25, 0.3) is 11.4 Å². The van der Waals surface area contributed by atoms with Crippen molar-refractivity contribution in [3.05, 3.63) is 59.7 Å². The molecule has 0 unspecified atom stereocenters. The fourth-order valence-electron chi connectivity index (χ4n) is 2.13. The van der Waals surface area contributed by atoms with Gasteiger partial charge < -0.3 is 10.5 Å². The van der Waals surface area contributed by atoms with Crippen LogP contribution in [0.4, 0.5) is 0 Å². The van der Waals surface area contributed by atoms with Gasteiger partial charge in [-0.05, 0) is 35.0 Å². The molecule has 1 heterocycles. The molecule has 23 heavy (non-hydrogen) atoms. The molecule has 0 radical (unpaired) electrons. The van der Waals surface area contributed by atoms with E-state index in [9.17, 15) is 4.79 Å². The molecular weight excluding hydrogens is 294 g/mol. The number of hydrogen-bond donors (Lipinski definition) is 1. The first-order valence-corrected chi connectivity index (χ1v) is 6.96. The standard InChI is InChI=1S/C16H15N5O2/c1-23-14-4-2-3-13(9-14)16-18-20-21(19-16)10-11-5-7-12(8-6-11)15(17)22/h2-9H,10H2,1H3,(H2,17,22). The number of carbonyl (C=O) groups is 1. The summed E-state index contributed by atoms with van der Waals surface area (Å²) in [7, 11) is 1.61. The van der Waals surface area contributed by atoms with Gasteiger partial charge in [0.1, 0.15) is 5.75 Å². The van der Waals surface area contributed by atoms with Crippen molar-refractivity contribution in [2.75, 3.05) is 7.11 Å². The molecule has 0 saturated carbocycles. The normalized spacial score (nSPS) is 10.5. The number of aromatic nitrogens is 4. The summed E-state index contributed by atoms with van der Waals surface area (Å²) in [6.07, 6.45) is 0.